The number of carbonyl (C=O) groups is 3. The number of nitrogens with zero attached hydrogens (tertiary/aromatic N) is 1. The van der Waals surface area contributed by atoms with Gasteiger partial charge in [0.15, 0.2) is 0 Å². The maximum Gasteiger partial charge on any atom is 0.408 e. The Morgan fingerprint density at radius 1 is 0.905 bits per heavy atom. The fourth-order valence-electron chi connectivity index (χ4n) is 7.04. The predicted octanol–water partition coefficient (Wildman–Crippen LogP) is 4.79. The molecule has 1 aliphatic heterocycles. The summed E-state index contributed by atoms with van der Waals surface area (Å²) in [5.74, 6) is -1.74. The summed E-state index contributed by atoms with van der Waals surface area (Å²) < 4.78 is 5.83. The summed E-state index contributed by atoms with van der Waals surface area (Å²) in [6.45, 7) is 2.07. The number of aliphatic carboxylic acids is 1. The van der Waals surface area contributed by atoms with Crippen molar-refractivity contribution in [2.45, 2.75) is 43.7 Å². The summed E-state index contributed by atoms with van der Waals surface area (Å²) in [5.41, 5.74) is 4.50. The third kappa shape index (κ3) is 5.63. The van der Waals surface area contributed by atoms with E-state index >= 15 is 0 Å². The number of carboxylic acids is 1. The molecule has 42 heavy (non-hydrogen) atoms. The third-order valence-corrected chi connectivity index (χ3v) is 9.22. The highest BCUT2D eigenvalue weighted by atomic mass is 16.5. The Bertz CT molecular complexity index is 1410. The molecule has 6 rings (SSSR count). The molecule has 2 amide bonds. The van der Waals surface area contributed by atoms with Gasteiger partial charge in [-0.25, -0.2) is 4.79 Å². The lowest BCUT2D eigenvalue weighted by Gasteiger charge is -2.30. The summed E-state index contributed by atoms with van der Waals surface area (Å²) in [5, 5.41) is 15.5. The van der Waals surface area contributed by atoms with E-state index in [1.165, 1.54) is 0 Å². The summed E-state index contributed by atoms with van der Waals surface area (Å²) in [7, 11) is 0. The van der Waals surface area contributed by atoms with Crippen molar-refractivity contribution in [3.63, 3.8) is 0 Å². The van der Waals surface area contributed by atoms with Gasteiger partial charge in [-0.1, -0.05) is 85.3 Å². The van der Waals surface area contributed by atoms with Crippen molar-refractivity contribution in [2.24, 2.45) is 11.8 Å². The molecule has 2 aliphatic carbocycles. The van der Waals surface area contributed by atoms with Crippen LogP contribution >= 0.6 is 0 Å². The van der Waals surface area contributed by atoms with Gasteiger partial charge in [0.25, 0.3) is 0 Å². The highest BCUT2D eigenvalue weighted by Gasteiger charge is 2.47. The number of carbonyl (C=O) groups excluding carboxylic acids is 2. The van der Waals surface area contributed by atoms with Crippen LogP contribution < -0.4 is 10.6 Å². The van der Waals surface area contributed by atoms with E-state index in [0.29, 0.717) is 32.5 Å². The average molecular weight is 568 g/mol. The van der Waals surface area contributed by atoms with Crippen LogP contribution in [-0.4, -0.2) is 59.8 Å². The molecule has 3 aromatic rings. The summed E-state index contributed by atoms with van der Waals surface area (Å²) in [6, 6.07) is 26.4. The van der Waals surface area contributed by atoms with Crippen LogP contribution in [0.3, 0.4) is 0 Å². The molecule has 2 fully saturated rings. The number of rotatable bonds is 9. The standard InChI is InChI=1S/C34H37N3O5/c38-31(39)25-16-8-11-24(25)19-35-32(40)34(17-18-37(22-34)20-23-9-2-1-3-10-23)36-33(41)42-21-30-28-14-6-4-12-26(28)27-13-5-7-15-29(27)30/h1-7,9-10,12-15,24-25,30H,8,11,16-22H2,(H,35,40)(H,36,41)(H,38,39). The lowest BCUT2D eigenvalue weighted by molar-refractivity contribution is -0.143. The molecular formula is C34H37N3O5. The molecule has 0 aromatic heterocycles. The second kappa shape index (κ2) is 12.0. The SMILES string of the molecule is O=C(NC1(C(=O)NCC2CCCC2C(=O)O)CCN(Cc2ccccc2)C1)OCC1c2ccccc2-c2ccccc21. The topological polar surface area (TPSA) is 108 Å². The number of alkyl carbamates (subject to hydrolysis) is 1. The molecule has 0 radical (unpaired) electrons. The minimum Gasteiger partial charge on any atom is -0.481 e. The van der Waals surface area contributed by atoms with E-state index in [4.69, 9.17) is 4.74 Å². The van der Waals surface area contributed by atoms with Crippen LogP contribution in [0.15, 0.2) is 78.9 Å². The maximum absolute atomic E-state index is 13.8. The Morgan fingerprint density at radius 3 is 2.26 bits per heavy atom. The monoisotopic (exact) mass is 567 g/mol. The Hall–Kier alpha value is -4.17. The second-order valence-electron chi connectivity index (χ2n) is 11.8. The van der Waals surface area contributed by atoms with Crippen LogP contribution in [0.5, 0.6) is 0 Å². The first-order chi connectivity index (χ1) is 20.4. The third-order valence-electron chi connectivity index (χ3n) is 9.22. The van der Waals surface area contributed by atoms with Gasteiger partial charge in [0.2, 0.25) is 5.91 Å². The van der Waals surface area contributed by atoms with E-state index in [9.17, 15) is 19.5 Å². The van der Waals surface area contributed by atoms with Crippen molar-refractivity contribution >= 4 is 18.0 Å². The van der Waals surface area contributed by atoms with E-state index in [1.807, 2.05) is 54.6 Å². The molecule has 0 spiro atoms. The number of hydrogen-bond donors (Lipinski definition) is 3. The molecule has 218 valence electrons. The van der Waals surface area contributed by atoms with Crippen molar-refractivity contribution < 1.29 is 24.2 Å². The predicted molar refractivity (Wildman–Crippen MR) is 159 cm³/mol. The van der Waals surface area contributed by atoms with Gasteiger partial charge in [-0.05, 0) is 53.0 Å². The van der Waals surface area contributed by atoms with Gasteiger partial charge in [-0.2, -0.15) is 0 Å². The quantitative estimate of drug-likeness (QED) is 0.343. The summed E-state index contributed by atoms with van der Waals surface area (Å²) in [4.78, 5) is 41.0. The number of ether oxygens (including phenoxy) is 1. The molecule has 3 aliphatic rings. The molecule has 0 bridgehead atoms. The highest BCUT2D eigenvalue weighted by molar-refractivity contribution is 5.91. The molecular weight excluding hydrogens is 530 g/mol. The molecule has 3 N–H and O–H groups in total. The highest BCUT2D eigenvalue weighted by Crippen LogP contribution is 2.44. The number of carboxylic acid groups (broad SMARTS) is 1. The average Bonchev–Trinajstić information content (AvgIpc) is 3.72. The summed E-state index contributed by atoms with van der Waals surface area (Å²) in [6.07, 6.45) is 2.04. The summed E-state index contributed by atoms with van der Waals surface area (Å²) >= 11 is 0. The molecule has 1 saturated carbocycles. The van der Waals surface area contributed by atoms with Gasteiger partial charge < -0.3 is 20.5 Å². The van der Waals surface area contributed by atoms with E-state index in [0.717, 1.165) is 40.7 Å². The molecule has 3 unspecified atom stereocenters. The van der Waals surface area contributed by atoms with E-state index < -0.39 is 23.5 Å². The van der Waals surface area contributed by atoms with Gasteiger partial charge in [0.1, 0.15) is 12.1 Å². The maximum atomic E-state index is 13.8. The Labute approximate surface area is 246 Å². The van der Waals surface area contributed by atoms with Crippen LogP contribution in [-0.2, 0) is 20.9 Å². The fraction of sp³-hybridized carbons (Fsp3) is 0.382. The smallest absolute Gasteiger partial charge is 0.408 e. The van der Waals surface area contributed by atoms with Gasteiger partial charge in [0, 0.05) is 32.1 Å². The van der Waals surface area contributed by atoms with Gasteiger partial charge in [0.05, 0.1) is 5.92 Å². The van der Waals surface area contributed by atoms with Gasteiger partial charge >= 0.3 is 12.1 Å². The van der Waals surface area contributed by atoms with E-state index in [-0.39, 0.29) is 30.9 Å². The Morgan fingerprint density at radius 2 is 1.57 bits per heavy atom. The number of amides is 2. The van der Waals surface area contributed by atoms with Crippen LogP contribution in [0.2, 0.25) is 0 Å². The van der Waals surface area contributed by atoms with Crippen molar-refractivity contribution in [1.82, 2.24) is 15.5 Å². The zero-order chi connectivity index (χ0) is 29.1. The number of fused-ring (bicyclic) bond motifs is 3. The van der Waals surface area contributed by atoms with Crippen LogP contribution in [0.1, 0.15) is 48.3 Å². The van der Waals surface area contributed by atoms with Crippen molar-refractivity contribution in [2.75, 3.05) is 26.2 Å². The lowest BCUT2D eigenvalue weighted by Crippen LogP contribution is -2.61. The lowest BCUT2D eigenvalue weighted by atomic mass is 9.94. The van der Waals surface area contributed by atoms with Crippen molar-refractivity contribution in [1.29, 1.82) is 0 Å². The second-order valence-corrected chi connectivity index (χ2v) is 11.8. The minimum absolute atomic E-state index is 0.0820. The number of nitrogens with one attached hydrogen (secondary N) is 2. The minimum atomic E-state index is -1.17. The molecule has 3 atom stereocenters. The Balaban J connectivity index is 1.15. The zero-order valence-corrected chi connectivity index (χ0v) is 23.6. The normalized spacial score (nSPS) is 23.2. The molecule has 1 heterocycles. The molecule has 8 heteroatoms. The largest absolute Gasteiger partial charge is 0.481 e. The van der Waals surface area contributed by atoms with Gasteiger partial charge in [-0.15, -0.1) is 0 Å². The molecule has 3 aromatic carbocycles. The Kier molecular flexibility index (Phi) is 7.98. The number of likely N-dealkylation sites (tertiary alicyclic amines) is 1. The fourth-order valence-corrected chi connectivity index (χ4v) is 7.04. The van der Waals surface area contributed by atoms with Gasteiger partial charge in [-0.3, -0.25) is 14.5 Å². The van der Waals surface area contributed by atoms with E-state index in [2.05, 4.69) is 39.8 Å². The number of benzene rings is 3. The van der Waals surface area contributed by atoms with Crippen molar-refractivity contribution in [3.05, 3.63) is 95.6 Å². The van der Waals surface area contributed by atoms with Crippen LogP contribution in [0.25, 0.3) is 11.1 Å². The van der Waals surface area contributed by atoms with E-state index in [1.54, 1.807) is 0 Å². The molecule has 1 saturated heterocycles. The first kappa shape index (κ1) is 28.0. The van der Waals surface area contributed by atoms with Crippen LogP contribution in [0.4, 0.5) is 4.79 Å². The molecule has 8 nitrogen and oxygen atoms in total. The zero-order valence-electron chi connectivity index (χ0n) is 23.6. The number of hydrogen-bond acceptors (Lipinski definition) is 5. The van der Waals surface area contributed by atoms with Crippen molar-refractivity contribution in [3.8, 4) is 11.1 Å². The van der Waals surface area contributed by atoms with Crippen LogP contribution in [0, 0.1) is 11.8 Å². The first-order valence-corrected chi connectivity index (χ1v) is 14.8. The first-order valence-electron chi connectivity index (χ1n) is 14.8.